The first-order valence-corrected chi connectivity index (χ1v) is 5.80. The molecule has 0 aliphatic carbocycles. The first kappa shape index (κ1) is 11.4. The number of carbonyl (C=O) groups excluding carboxylic acids is 2. The first-order chi connectivity index (χ1) is 7.70. The second-order valence-electron chi connectivity index (χ2n) is 4.47. The van der Waals surface area contributed by atoms with Crippen LogP contribution in [0.4, 0.5) is 0 Å². The first-order valence-electron chi connectivity index (χ1n) is 5.80. The normalized spacial score (nSPS) is 33.9. The van der Waals surface area contributed by atoms with E-state index in [2.05, 4.69) is 5.32 Å². The third kappa shape index (κ3) is 2.35. The van der Waals surface area contributed by atoms with Gasteiger partial charge in [-0.25, -0.2) is 0 Å². The molecule has 0 spiro atoms. The Hall–Kier alpha value is -1.10. The molecule has 0 aromatic carbocycles. The Morgan fingerprint density at radius 2 is 2.25 bits per heavy atom. The number of hydrogen-bond donors (Lipinski definition) is 2. The van der Waals surface area contributed by atoms with Gasteiger partial charge in [-0.3, -0.25) is 9.59 Å². The molecule has 0 radical (unpaired) electrons. The van der Waals surface area contributed by atoms with Crippen molar-refractivity contribution in [1.82, 2.24) is 5.32 Å². The van der Waals surface area contributed by atoms with E-state index in [1.165, 1.54) is 0 Å². The van der Waals surface area contributed by atoms with Crippen molar-refractivity contribution in [3.63, 3.8) is 0 Å². The Bertz CT molecular complexity index is 292. The fourth-order valence-corrected chi connectivity index (χ4v) is 2.55. The monoisotopic (exact) mass is 227 g/mol. The van der Waals surface area contributed by atoms with Gasteiger partial charge < -0.3 is 15.2 Å². The van der Waals surface area contributed by atoms with Crippen LogP contribution in [0.2, 0.25) is 0 Å². The van der Waals surface area contributed by atoms with Gasteiger partial charge in [0.2, 0.25) is 5.91 Å². The average Bonchev–Trinajstić information content (AvgIpc) is 2.81. The molecule has 0 aromatic rings. The predicted molar refractivity (Wildman–Crippen MR) is 55.5 cm³/mol. The lowest BCUT2D eigenvalue weighted by Gasteiger charge is -2.22. The molecule has 2 aliphatic heterocycles. The van der Waals surface area contributed by atoms with E-state index >= 15 is 0 Å². The number of hydrogen-bond acceptors (Lipinski definition) is 4. The van der Waals surface area contributed by atoms with E-state index < -0.39 is 0 Å². The van der Waals surface area contributed by atoms with Gasteiger partial charge in [0.15, 0.2) is 0 Å². The quantitative estimate of drug-likeness (QED) is 0.661. The van der Waals surface area contributed by atoms with Crippen LogP contribution in [0.15, 0.2) is 0 Å². The topological polar surface area (TPSA) is 75.6 Å². The molecule has 1 amide bonds. The van der Waals surface area contributed by atoms with Crippen LogP contribution in [0.1, 0.15) is 32.1 Å². The van der Waals surface area contributed by atoms with Crippen LogP contribution in [0.3, 0.4) is 0 Å². The Kier molecular flexibility index (Phi) is 3.43. The van der Waals surface area contributed by atoms with E-state index in [4.69, 9.17) is 9.84 Å². The highest BCUT2D eigenvalue weighted by atomic mass is 16.5. The molecular weight excluding hydrogens is 210 g/mol. The number of amides is 1. The molecule has 2 N–H and O–H groups in total. The highest BCUT2D eigenvalue weighted by molar-refractivity contribution is 5.79. The minimum Gasteiger partial charge on any atom is -0.462 e. The summed E-state index contributed by atoms with van der Waals surface area (Å²) in [5.74, 6) is -0.0372. The van der Waals surface area contributed by atoms with E-state index in [1.54, 1.807) is 0 Å². The van der Waals surface area contributed by atoms with Crippen molar-refractivity contribution in [2.75, 3.05) is 6.61 Å². The third-order valence-corrected chi connectivity index (χ3v) is 3.36. The zero-order valence-electron chi connectivity index (χ0n) is 9.15. The maximum Gasteiger partial charge on any atom is 0.306 e. The van der Waals surface area contributed by atoms with Crippen LogP contribution in [0.5, 0.6) is 0 Å². The Morgan fingerprint density at radius 1 is 1.44 bits per heavy atom. The van der Waals surface area contributed by atoms with Crippen LogP contribution in [0.25, 0.3) is 0 Å². The number of cyclic esters (lactones) is 1. The van der Waals surface area contributed by atoms with Crippen molar-refractivity contribution >= 4 is 11.9 Å². The van der Waals surface area contributed by atoms with E-state index in [1.807, 2.05) is 0 Å². The van der Waals surface area contributed by atoms with Crippen molar-refractivity contribution in [2.24, 2.45) is 5.92 Å². The van der Waals surface area contributed by atoms with Crippen LogP contribution in [0, 0.1) is 5.92 Å². The number of aliphatic hydroxyl groups excluding tert-OH is 1. The summed E-state index contributed by atoms with van der Waals surface area (Å²) in [5.41, 5.74) is 0. The van der Waals surface area contributed by atoms with Crippen molar-refractivity contribution in [3.8, 4) is 0 Å². The van der Waals surface area contributed by atoms with Gasteiger partial charge in [-0.15, -0.1) is 0 Å². The molecule has 5 nitrogen and oxygen atoms in total. The van der Waals surface area contributed by atoms with Crippen molar-refractivity contribution in [3.05, 3.63) is 0 Å². The van der Waals surface area contributed by atoms with E-state index in [9.17, 15) is 9.59 Å². The smallest absolute Gasteiger partial charge is 0.306 e. The van der Waals surface area contributed by atoms with Crippen molar-refractivity contribution < 1.29 is 19.4 Å². The average molecular weight is 227 g/mol. The zero-order chi connectivity index (χ0) is 11.5. The molecule has 2 aliphatic rings. The highest BCUT2D eigenvalue weighted by Crippen LogP contribution is 2.31. The number of carbonyl (C=O) groups is 2. The minimum atomic E-state index is -0.186. The lowest BCUT2D eigenvalue weighted by Crippen LogP contribution is -2.37. The molecule has 2 saturated heterocycles. The fraction of sp³-hybridized carbons (Fsp3) is 0.818. The van der Waals surface area contributed by atoms with Gasteiger partial charge in [0.1, 0.15) is 6.10 Å². The molecule has 16 heavy (non-hydrogen) atoms. The largest absolute Gasteiger partial charge is 0.462 e. The maximum absolute atomic E-state index is 11.3. The predicted octanol–water partition coefficient (Wildman–Crippen LogP) is -0.0308. The Balaban J connectivity index is 1.95. The second-order valence-corrected chi connectivity index (χ2v) is 4.47. The van der Waals surface area contributed by atoms with Gasteiger partial charge in [-0.05, 0) is 19.3 Å². The summed E-state index contributed by atoms with van der Waals surface area (Å²) in [6, 6.07) is 0.0719. The maximum atomic E-state index is 11.3. The molecular formula is C11H17NO4. The third-order valence-electron chi connectivity index (χ3n) is 3.36. The summed E-state index contributed by atoms with van der Waals surface area (Å²) in [6.45, 7) is 0.109. The Morgan fingerprint density at radius 3 is 2.88 bits per heavy atom. The summed E-state index contributed by atoms with van der Waals surface area (Å²) >= 11 is 0. The van der Waals surface area contributed by atoms with Gasteiger partial charge in [0.25, 0.3) is 0 Å². The van der Waals surface area contributed by atoms with Gasteiger partial charge in [0.05, 0.1) is 6.42 Å². The van der Waals surface area contributed by atoms with Gasteiger partial charge in [-0.2, -0.15) is 0 Å². The van der Waals surface area contributed by atoms with E-state index in [0.29, 0.717) is 25.7 Å². The Labute approximate surface area is 94.2 Å². The lowest BCUT2D eigenvalue weighted by molar-refractivity contribution is -0.141. The number of nitrogens with one attached hydrogen (secondary N) is 1. The number of esters is 1. The zero-order valence-corrected chi connectivity index (χ0v) is 9.15. The summed E-state index contributed by atoms with van der Waals surface area (Å²) in [5, 5.41) is 11.7. The standard InChI is InChI=1S/C11H17NO4/c13-5-1-2-9-7(6-11(15)16-9)8-3-4-10(14)12-8/h7-9,13H,1-6H2,(H,12,14)/t7-,8?,9-/m1/s1. The highest BCUT2D eigenvalue weighted by Gasteiger charge is 2.41. The lowest BCUT2D eigenvalue weighted by atomic mass is 9.89. The summed E-state index contributed by atoms with van der Waals surface area (Å²) in [4.78, 5) is 22.4. The molecule has 90 valence electrons. The van der Waals surface area contributed by atoms with Crippen LogP contribution < -0.4 is 5.32 Å². The summed E-state index contributed by atoms with van der Waals surface area (Å²) in [6.07, 6.45) is 2.90. The SMILES string of the molecule is O=C1CCC([C@H]2CC(=O)O[C@@H]2CCCO)N1. The number of rotatable bonds is 4. The van der Waals surface area contributed by atoms with Gasteiger partial charge >= 0.3 is 5.97 Å². The molecule has 2 fully saturated rings. The molecule has 0 saturated carbocycles. The van der Waals surface area contributed by atoms with Crippen molar-refractivity contribution in [2.45, 2.75) is 44.2 Å². The molecule has 2 rings (SSSR count). The van der Waals surface area contributed by atoms with Crippen LogP contribution in [-0.4, -0.2) is 35.7 Å². The van der Waals surface area contributed by atoms with E-state index in [0.717, 1.165) is 6.42 Å². The second kappa shape index (κ2) is 4.82. The summed E-state index contributed by atoms with van der Waals surface area (Å²) in [7, 11) is 0. The fourth-order valence-electron chi connectivity index (χ4n) is 2.55. The molecule has 2 heterocycles. The summed E-state index contributed by atoms with van der Waals surface area (Å²) < 4.78 is 5.22. The van der Waals surface area contributed by atoms with Gasteiger partial charge in [0, 0.05) is 25.0 Å². The van der Waals surface area contributed by atoms with Crippen molar-refractivity contribution in [1.29, 1.82) is 0 Å². The van der Waals surface area contributed by atoms with Crippen LogP contribution in [-0.2, 0) is 14.3 Å². The van der Waals surface area contributed by atoms with Gasteiger partial charge in [-0.1, -0.05) is 0 Å². The van der Waals surface area contributed by atoms with E-state index in [-0.39, 0.29) is 36.5 Å². The molecule has 0 bridgehead atoms. The minimum absolute atomic E-state index is 0.0604. The molecule has 5 heteroatoms. The molecule has 3 atom stereocenters. The van der Waals surface area contributed by atoms with Crippen LogP contribution >= 0.6 is 0 Å². The number of aliphatic hydroxyl groups is 1. The number of ether oxygens (including phenoxy) is 1. The molecule has 1 unspecified atom stereocenters. The molecule has 0 aromatic heterocycles.